The van der Waals surface area contributed by atoms with E-state index in [-0.39, 0.29) is 11.5 Å². The van der Waals surface area contributed by atoms with Crippen molar-refractivity contribution in [2.45, 2.75) is 0 Å². The standard InChI is InChI=1S/C7H6N3O2/c8-7(9)5-2-1-3-6(4-5)10(11)12/h1-2,4H,(H3,8,9). The molecule has 0 aromatic heterocycles. The van der Waals surface area contributed by atoms with Gasteiger partial charge in [-0.25, -0.2) is 0 Å². The van der Waals surface area contributed by atoms with Gasteiger partial charge in [0.05, 0.1) is 11.0 Å². The minimum atomic E-state index is -0.577. The molecule has 1 radical (unpaired) electrons. The third kappa shape index (κ3) is 1.57. The van der Waals surface area contributed by atoms with E-state index < -0.39 is 4.92 Å². The highest BCUT2D eigenvalue weighted by molar-refractivity contribution is 5.95. The SMILES string of the molecule is N=C(N)c1cc[c]c([N+](=O)[O-])c1. The van der Waals surface area contributed by atoms with Crippen molar-refractivity contribution >= 4 is 11.5 Å². The monoisotopic (exact) mass is 164 g/mol. The Hall–Kier alpha value is -1.91. The molecule has 0 heterocycles. The van der Waals surface area contributed by atoms with Gasteiger partial charge in [-0.3, -0.25) is 15.5 Å². The van der Waals surface area contributed by atoms with Gasteiger partial charge in [0.15, 0.2) is 0 Å². The molecule has 0 amide bonds. The summed E-state index contributed by atoms with van der Waals surface area (Å²) in [5, 5.41) is 17.3. The fourth-order valence-corrected chi connectivity index (χ4v) is 0.727. The average molecular weight is 164 g/mol. The first kappa shape index (κ1) is 8.19. The smallest absolute Gasteiger partial charge is 0.278 e. The van der Waals surface area contributed by atoms with Gasteiger partial charge in [0.25, 0.3) is 5.69 Å². The Balaban J connectivity index is 3.12. The summed E-state index contributed by atoms with van der Waals surface area (Å²) >= 11 is 0. The average Bonchev–Trinajstić information content (AvgIpc) is 2.04. The van der Waals surface area contributed by atoms with Crippen LogP contribution in [0.25, 0.3) is 0 Å². The topological polar surface area (TPSA) is 93.0 Å². The molecule has 5 heteroatoms. The molecule has 0 spiro atoms. The number of amidine groups is 1. The zero-order valence-corrected chi connectivity index (χ0v) is 6.07. The molecule has 0 atom stereocenters. The molecule has 1 aromatic rings. The molecule has 61 valence electrons. The highest BCUT2D eigenvalue weighted by atomic mass is 16.6. The van der Waals surface area contributed by atoms with Crippen LogP contribution in [0.3, 0.4) is 0 Å². The number of nitrogens with one attached hydrogen (secondary N) is 1. The highest BCUT2D eigenvalue weighted by Crippen LogP contribution is 2.11. The fraction of sp³-hybridized carbons (Fsp3) is 0. The summed E-state index contributed by atoms with van der Waals surface area (Å²) in [6, 6.07) is 6.49. The van der Waals surface area contributed by atoms with E-state index in [9.17, 15) is 10.1 Å². The van der Waals surface area contributed by atoms with Crippen LogP contribution in [0.15, 0.2) is 18.2 Å². The van der Waals surface area contributed by atoms with E-state index in [1.807, 2.05) is 0 Å². The largest absolute Gasteiger partial charge is 0.384 e. The number of benzene rings is 1. The van der Waals surface area contributed by atoms with Gasteiger partial charge in [0.2, 0.25) is 0 Å². The van der Waals surface area contributed by atoms with E-state index in [0.29, 0.717) is 5.56 Å². The Kier molecular flexibility index (Phi) is 2.05. The van der Waals surface area contributed by atoms with Gasteiger partial charge in [-0.15, -0.1) is 0 Å². The number of nitrogens with zero attached hydrogens (tertiary/aromatic N) is 1. The summed E-state index contributed by atoms with van der Waals surface area (Å²) < 4.78 is 0. The fourth-order valence-electron chi connectivity index (χ4n) is 0.727. The van der Waals surface area contributed by atoms with E-state index in [1.165, 1.54) is 18.2 Å². The number of nitro groups is 1. The van der Waals surface area contributed by atoms with Crippen molar-refractivity contribution in [2.24, 2.45) is 5.73 Å². The van der Waals surface area contributed by atoms with Crippen molar-refractivity contribution in [3.05, 3.63) is 39.9 Å². The lowest BCUT2D eigenvalue weighted by molar-refractivity contribution is -0.385. The quantitative estimate of drug-likeness (QED) is 0.291. The van der Waals surface area contributed by atoms with E-state index in [1.54, 1.807) is 0 Å². The predicted octanol–water partition coefficient (Wildman–Crippen LogP) is 0.679. The molecule has 12 heavy (non-hydrogen) atoms. The molecular formula is C7H6N3O2. The zero-order chi connectivity index (χ0) is 9.14. The minimum Gasteiger partial charge on any atom is -0.384 e. The summed E-state index contributed by atoms with van der Waals surface area (Å²) in [6.07, 6.45) is 0. The third-order valence-electron chi connectivity index (χ3n) is 1.29. The van der Waals surface area contributed by atoms with Crippen molar-refractivity contribution < 1.29 is 4.92 Å². The molecule has 3 N–H and O–H groups in total. The summed E-state index contributed by atoms with van der Waals surface area (Å²) in [5.41, 5.74) is 5.29. The number of hydrogen-bond donors (Lipinski definition) is 2. The number of nitrogens with two attached hydrogens (primary N) is 1. The zero-order valence-electron chi connectivity index (χ0n) is 6.07. The molecule has 0 fully saturated rings. The van der Waals surface area contributed by atoms with Crippen molar-refractivity contribution in [1.82, 2.24) is 0 Å². The van der Waals surface area contributed by atoms with Crippen LogP contribution in [0, 0.1) is 21.6 Å². The first-order valence-electron chi connectivity index (χ1n) is 3.12. The molecule has 0 unspecified atom stereocenters. The number of nitrogen functional groups attached to an aromatic ring is 1. The van der Waals surface area contributed by atoms with E-state index in [4.69, 9.17) is 11.1 Å². The van der Waals surface area contributed by atoms with Crippen molar-refractivity contribution in [3.63, 3.8) is 0 Å². The van der Waals surface area contributed by atoms with Crippen LogP contribution < -0.4 is 5.73 Å². The maximum absolute atomic E-state index is 10.2. The molecule has 0 aliphatic rings. The van der Waals surface area contributed by atoms with Crippen LogP contribution in [0.1, 0.15) is 5.56 Å². The molecule has 0 bridgehead atoms. The third-order valence-corrected chi connectivity index (χ3v) is 1.29. The Bertz CT molecular complexity index is 306. The molecule has 1 rings (SSSR count). The van der Waals surface area contributed by atoms with Gasteiger partial charge >= 0.3 is 0 Å². The van der Waals surface area contributed by atoms with E-state index in [0.717, 1.165) is 0 Å². The van der Waals surface area contributed by atoms with Gasteiger partial charge in [-0.2, -0.15) is 0 Å². The molecular weight excluding hydrogens is 158 g/mol. The lowest BCUT2D eigenvalue weighted by Crippen LogP contribution is -2.10. The van der Waals surface area contributed by atoms with E-state index >= 15 is 0 Å². The number of non-ortho nitro benzene ring substituents is 1. The maximum Gasteiger partial charge on any atom is 0.278 e. The van der Waals surface area contributed by atoms with Crippen LogP contribution in [-0.4, -0.2) is 10.8 Å². The Morgan fingerprint density at radius 2 is 2.42 bits per heavy atom. The summed E-state index contributed by atoms with van der Waals surface area (Å²) in [7, 11) is 0. The first-order valence-corrected chi connectivity index (χ1v) is 3.12. The number of rotatable bonds is 2. The first-order chi connectivity index (χ1) is 5.61. The lowest BCUT2D eigenvalue weighted by Gasteiger charge is -1.95. The van der Waals surface area contributed by atoms with Gasteiger partial charge in [-0.05, 0) is 6.07 Å². The maximum atomic E-state index is 10.2. The second-order valence-electron chi connectivity index (χ2n) is 2.13. The van der Waals surface area contributed by atoms with Crippen molar-refractivity contribution in [3.8, 4) is 0 Å². The second kappa shape index (κ2) is 3.00. The number of nitro benzene ring substituents is 1. The Labute approximate surface area is 68.5 Å². The molecule has 5 nitrogen and oxygen atoms in total. The lowest BCUT2D eigenvalue weighted by atomic mass is 10.2. The molecule has 0 aliphatic carbocycles. The van der Waals surface area contributed by atoms with Gasteiger partial charge in [0.1, 0.15) is 5.84 Å². The Morgan fingerprint density at radius 3 is 2.92 bits per heavy atom. The van der Waals surface area contributed by atoms with Crippen LogP contribution in [0.2, 0.25) is 0 Å². The Morgan fingerprint density at radius 1 is 1.75 bits per heavy atom. The molecule has 0 aliphatic heterocycles. The van der Waals surface area contributed by atoms with Crippen molar-refractivity contribution in [1.29, 1.82) is 5.41 Å². The van der Waals surface area contributed by atoms with E-state index in [2.05, 4.69) is 6.07 Å². The van der Waals surface area contributed by atoms with Crippen LogP contribution in [-0.2, 0) is 0 Å². The van der Waals surface area contributed by atoms with Gasteiger partial charge < -0.3 is 5.73 Å². The summed E-state index contributed by atoms with van der Waals surface area (Å²) in [6.45, 7) is 0. The van der Waals surface area contributed by atoms with Crippen LogP contribution in [0.5, 0.6) is 0 Å². The van der Waals surface area contributed by atoms with Crippen LogP contribution in [0.4, 0.5) is 5.69 Å². The van der Waals surface area contributed by atoms with Gasteiger partial charge in [0, 0.05) is 11.6 Å². The minimum absolute atomic E-state index is 0.178. The van der Waals surface area contributed by atoms with Crippen LogP contribution >= 0.6 is 0 Å². The number of hydrogen-bond acceptors (Lipinski definition) is 3. The second-order valence-corrected chi connectivity index (χ2v) is 2.13. The van der Waals surface area contributed by atoms with Crippen molar-refractivity contribution in [2.75, 3.05) is 0 Å². The normalized spacial score (nSPS) is 9.33. The van der Waals surface area contributed by atoms with Gasteiger partial charge in [-0.1, -0.05) is 6.07 Å². The summed E-state index contributed by atoms with van der Waals surface area (Å²) in [5.74, 6) is -0.188. The predicted molar refractivity (Wildman–Crippen MR) is 42.9 cm³/mol. The molecule has 0 saturated carbocycles. The molecule has 0 saturated heterocycles. The molecule has 1 aromatic carbocycles. The summed E-state index contributed by atoms with van der Waals surface area (Å²) in [4.78, 5) is 9.66. The highest BCUT2D eigenvalue weighted by Gasteiger charge is 2.06.